The van der Waals surface area contributed by atoms with Gasteiger partial charge in [0.05, 0.1) is 12.7 Å². The van der Waals surface area contributed by atoms with Gasteiger partial charge in [-0.3, -0.25) is 4.90 Å². The molecular weight excluding hydrogens is 299 g/mol. The van der Waals surface area contributed by atoms with Gasteiger partial charge >= 0.3 is 0 Å². The summed E-state index contributed by atoms with van der Waals surface area (Å²) in [7, 11) is 1.63. The van der Waals surface area contributed by atoms with Crippen LogP contribution in [0.1, 0.15) is 12.0 Å². The van der Waals surface area contributed by atoms with Gasteiger partial charge in [0.15, 0.2) is 0 Å². The monoisotopic (exact) mass is 314 g/mol. The fourth-order valence-corrected chi connectivity index (χ4v) is 2.01. The van der Waals surface area contributed by atoms with Crippen molar-refractivity contribution < 1.29 is 9.13 Å². The van der Waals surface area contributed by atoms with E-state index in [1.165, 1.54) is 6.07 Å². The first-order valence-corrected chi connectivity index (χ1v) is 6.49. The molecule has 0 aliphatic heterocycles. The number of halogens is 2. The van der Waals surface area contributed by atoms with Crippen molar-refractivity contribution in [2.24, 2.45) is 0 Å². The van der Waals surface area contributed by atoms with Gasteiger partial charge in [0, 0.05) is 43.2 Å². The molecule has 0 aliphatic carbocycles. The minimum atomic E-state index is -0.224. The Hall–Kier alpha value is -0.960. The lowest BCUT2D eigenvalue weighted by Crippen LogP contribution is -2.28. The molecule has 0 fully saturated rings. The number of rotatable bonds is 7. The fourth-order valence-electron chi connectivity index (χ4n) is 1.60. The topological polar surface area (TPSA) is 36.3 Å². The molecule has 0 saturated heterocycles. The lowest BCUT2D eigenvalue weighted by molar-refractivity contribution is 0.144. The molecule has 0 unspecified atom stereocenters. The molecule has 0 N–H and O–H groups in total. The summed E-state index contributed by atoms with van der Waals surface area (Å²) >= 11 is 3.33. The molecule has 0 amide bonds. The fraction of sp³-hybridized carbons (Fsp3) is 0.462. The Labute approximate surface area is 115 Å². The molecule has 0 aliphatic rings. The summed E-state index contributed by atoms with van der Waals surface area (Å²) in [5, 5.41) is 8.62. The van der Waals surface area contributed by atoms with Gasteiger partial charge in [0.1, 0.15) is 5.82 Å². The molecule has 3 nitrogen and oxygen atoms in total. The van der Waals surface area contributed by atoms with Crippen molar-refractivity contribution in [3.05, 3.63) is 34.1 Å². The highest BCUT2D eigenvalue weighted by Gasteiger charge is 2.09. The molecule has 1 aromatic rings. The van der Waals surface area contributed by atoms with E-state index in [2.05, 4.69) is 22.0 Å². The van der Waals surface area contributed by atoms with Crippen LogP contribution >= 0.6 is 15.9 Å². The predicted octanol–water partition coefficient (Wildman–Crippen LogP) is 2.95. The number of nitrogens with zero attached hydrogens (tertiary/aromatic N) is 2. The van der Waals surface area contributed by atoms with E-state index in [1.54, 1.807) is 19.2 Å². The van der Waals surface area contributed by atoms with Gasteiger partial charge in [-0.1, -0.05) is 15.9 Å². The molecule has 0 spiro atoms. The zero-order chi connectivity index (χ0) is 13.4. The molecule has 0 radical (unpaired) electrons. The van der Waals surface area contributed by atoms with Crippen LogP contribution in [0, 0.1) is 17.1 Å². The molecule has 0 heterocycles. The zero-order valence-corrected chi connectivity index (χ0v) is 11.9. The highest BCUT2D eigenvalue weighted by atomic mass is 79.9. The Balaban J connectivity index is 2.68. The van der Waals surface area contributed by atoms with E-state index in [1.807, 2.05) is 4.90 Å². The number of benzene rings is 1. The first-order chi connectivity index (χ1) is 8.67. The quantitative estimate of drug-likeness (QED) is 0.776. The molecule has 1 aromatic carbocycles. The Kier molecular flexibility index (Phi) is 6.88. The molecule has 18 heavy (non-hydrogen) atoms. The lowest BCUT2D eigenvalue weighted by Gasteiger charge is -2.21. The summed E-state index contributed by atoms with van der Waals surface area (Å²) in [6, 6.07) is 6.98. The third-order valence-electron chi connectivity index (χ3n) is 2.55. The highest BCUT2D eigenvalue weighted by molar-refractivity contribution is 9.10. The molecule has 0 bridgehead atoms. The van der Waals surface area contributed by atoms with Gasteiger partial charge < -0.3 is 4.74 Å². The Morgan fingerprint density at radius 1 is 1.44 bits per heavy atom. The Morgan fingerprint density at radius 3 is 2.89 bits per heavy atom. The predicted molar refractivity (Wildman–Crippen MR) is 71.5 cm³/mol. The van der Waals surface area contributed by atoms with E-state index in [-0.39, 0.29) is 5.82 Å². The van der Waals surface area contributed by atoms with Gasteiger partial charge in [0.2, 0.25) is 0 Å². The summed E-state index contributed by atoms with van der Waals surface area (Å²) in [5.74, 6) is -0.224. The maximum Gasteiger partial charge on any atom is 0.127 e. The third kappa shape index (κ3) is 5.13. The van der Waals surface area contributed by atoms with Crippen molar-refractivity contribution in [3.8, 4) is 6.07 Å². The summed E-state index contributed by atoms with van der Waals surface area (Å²) in [4.78, 5) is 2.01. The van der Waals surface area contributed by atoms with E-state index in [0.717, 1.165) is 4.47 Å². The van der Waals surface area contributed by atoms with Crippen LogP contribution in [0.15, 0.2) is 22.7 Å². The molecule has 0 saturated carbocycles. The van der Waals surface area contributed by atoms with E-state index >= 15 is 0 Å². The number of methoxy groups -OCH3 is 1. The van der Waals surface area contributed by atoms with Crippen molar-refractivity contribution in [1.82, 2.24) is 4.90 Å². The average Bonchev–Trinajstić information content (AvgIpc) is 2.37. The summed E-state index contributed by atoms with van der Waals surface area (Å²) in [6.45, 7) is 2.35. The summed E-state index contributed by atoms with van der Waals surface area (Å²) in [5.41, 5.74) is 0.624. The Morgan fingerprint density at radius 2 is 2.22 bits per heavy atom. The van der Waals surface area contributed by atoms with Gasteiger partial charge in [-0.05, 0) is 18.2 Å². The van der Waals surface area contributed by atoms with Crippen LogP contribution in [-0.2, 0) is 11.3 Å². The van der Waals surface area contributed by atoms with Gasteiger partial charge in [-0.25, -0.2) is 4.39 Å². The van der Waals surface area contributed by atoms with Crippen molar-refractivity contribution in [1.29, 1.82) is 5.26 Å². The second kappa shape index (κ2) is 8.20. The van der Waals surface area contributed by atoms with Crippen molar-refractivity contribution in [3.63, 3.8) is 0 Å². The van der Waals surface area contributed by atoms with Crippen LogP contribution in [0.4, 0.5) is 4.39 Å². The van der Waals surface area contributed by atoms with Gasteiger partial charge in [-0.15, -0.1) is 0 Å². The van der Waals surface area contributed by atoms with E-state index in [0.29, 0.717) is 38.2 Å². The van der Waals surface area contributed by atoms with Gasteiger partial charge in [0.25, 0.3) is 0 Å². The Bertz CT molecular complexity index is 420. The second-order valence-corrected chi connectivity index (χ2v) is 4.83. The zero-order valence-electron chi connectivity index (χ0n) is 10.3. The van der Waals surface area contributed by atoms with E-state index in [9.17, 15) is 4.39 Å². The van der Waals surface area contributed by atoms with Gasteiger partial charge in [-0.2, -0.15) is 5.26 Å². The average molecular weight is 315 g/mol. The number of nitriles is 1. The lowest BCUT2D eigenvalue weighted by atomic mass is 10.2. The minimum Gasteiger partial charge on any atom is -0.383 e. The SMILES string of the molecule is COCCN(CCC#N)Cc1cc(Br)ccc1F. The molecule has 98 valence electrons. The molecule has 5 heteroatoms. The number of hydrogen-bond acceptors (Lipinski definition) is 3. The first kappa shape index (κ1) is 15.1. The van der Waals surface area contributed by atoms with Crippen LogP contribution in [0.5, 0.6) is 0 Å². The number of hydrogen-bond donors (Lipinski definition) is 0. The summed E-state index contributed by atoms with van der Waals surface area (Å²) in [6.07, 6.45) is 0.430. The third-order valence-corrected chi connectivity index (χ3v) is 3.05. The largest absolute Gasteiger partial charge is 0.383 e. The second-order valence-electron chi connectivity index (χ2n) is 3.91. The van der Waals surface area contributed by atoms with Crippen LogP contribution in [0.3, 0.4) is 0 Å². The number of ether oxygens (including phenoxy) is 1. The van der Waals surface area contributed by atoms with Crippen LogP contribution < -0.4 is 0 Å². The summed E-state index contributed by atoms with van der Waals surface area (Å²) < 4.78 is 19.5. The van der Waals surface area contributed by atoms with E-state index in [4.69, 9.17) is 10.00 Å². The first-order valence-electron chi connectivity index (χ1n) is 5.69. The van der Waals surface area contributed by atoms with Crippen molar-refractivity contribution >= 4 is 15.9 Å². The smallest absolute Gasteiger partial charge is 0.127 e. The van der Waals surface area contributed by atoms with Crippen molar-refractivity contribution in [2.75, 3.05) is 26.8 Å². The van der Waals surface area contributed by atoms with Crippen LogP contribution in [0.25, 0.3) is 0 Å². The minimum absolute atomic E-state index is 0.224. The van der Waals surface area contributed by atoms with Crippen molar-refractivity contribution in [2.45, 2.75) is 13.0 Å². The molecular formula is C13H16BrFN2O. The van der Waals surface area contributed by atoms with Crippen LogP contribution in [0.2, 0.25) is 0 Å². The molecule has 0 atom stereocenters. The normalized spacial score (nSPS) is 10.6. The van der Waals surface area contributed by atoms with Crippen LogP contribution in [-0.4, -0.2) is 31.7 Å². The maximum absolute atomic E-state index is 13.6. The highest BCUT2D eigenvalue weighted by Crippen LogP contribution is 2.17. The molecule has 1 rings (SSSR count). The molecule has 0 aromatic heterocycles. The standard InChI is InChI=1S/C13H16BrFN2O/c1-18-8-7-17(6-2-5-16)10-11-9-12(14)3-4-13(11)15/h3-4,9H,2,6-8,10H2,1H3. The van der Waals surface area contributed by atoms with E-state index < -0.39 is 0 Å². The maximum atomic E-state index is 13.6.